The van der Waals surface area contributed by atoms with Crippen molar-refractivity contribution in [3.63, 3.8) is 0 Å². The molecule has 2 aliphatic rings. The Morgan fingerprint density at radius 3 is 1.08 bits per heavy atom. The Morgan fingerprint density at radius 1 is 0.417 bits per heavy atom. The van der Waals surface area contributed by atoms with Gasteiger partial charge < -0.3 is 30.2 Å². The van der Waals surface area contributed by atoms with E-state index in [0.717, 1.165) is 79.6 Å². The molecule has 0 spiro atoms. The summed E-state index contributed by atoms with van der Waals surface area (Å²) < 4.78 is 0. The summed E-state index contributed by atoms with van der Waals surface area (Å²) >= 11 is 0. The summed E-state index contributed by atoms with van der Waals surface area (Å²) in [6.07, 6.45) is 10.1. The number of aliphatic hydroxyl groups excluding tert-OH is 4. The van der Waals surface area contributed by atoms with E-state index in [4.69, 9.17) is 0 Å². The van der Waals surface area contributed by atoms with Crippen molar-refractivity contribution in [2.45, 2.75) is 76.3 Å². The van der Waals surface area contributed by atoms with Crippen LogP contribution < -0.4 is 9.80 Å². The number of benzene rings is 4. The molecule has 2 aliphatic carbocycles. The molecule has 0 aliphatic heterocycles. The number of hydrogen-bond acceptors (Lipinski definition) is 6. The number of rotatable bonds is 13. The molecule has 0 atom stereocenters. The van der Waals surface area contributed by atoms with Gasteiger partial charge in [-0.05, 0) is 147 Å². The molecule has 0 saturated heterocycles. The molecular weight excluding hydrogens is 596 g/mol. The van der Waals surface area contributed by atoms with Gasteiger partial charge in [-0.1, -0.05) is 48.5 Å². The lowest BCUT2D eigenvalue weighted by Crippen LogP contribution is -2.47. The Hall–Kier alpha value is -3.68. The van der Waals surface area contributed by atoms with Gasteiger partial charge in [-0.15, -0.1) is 0 Å². The standard InChI is InChI=1S/C42H52N2O4/c45-27-25-31-1-13-37(14-2-31)43(38-15-3-32(4-16-38)26-28-46)41-21-9-35(10-22-41)36-11-23-42(24-12-36)44(39-17-5-33(29-47)6-18-39)40-19-7-34(30-48)8-20-40/h1-4,9-16,21-24,33-34,39-40,45-48H,5-8,17-20,25-30H2. The SMILES string of the molecule is OCCc1ccc(N(c2ccc(CCO)cc2)c2ccc(-c3ccc(N(C4CCC(CO)CC4)C4CCC(CO)CC4)cc3)cc2)cc1. The minimum absolute atomic E-state index is 0.132. The highest BCUT2D eigenvalue weighted by atomic mass is 16.3. The smallest absolute Gasteiger partial charge is 0.0471 e. The zero-order valence-electron chi connectivity index (χ0n) is 28.1. The van der Waals surface area contributed by atoms with Gasteiger partial charge in [0.25, 0.3) is 0 Å². The second-order valence-electron chi connectivity index (χ2n) is 13.8. The van der Waals surface area contributed by atoms with Crippen LogP contribution in [-0.2, 0) is 12.8 Å². The van der Waals surface area contributed by atoms with Crippen molar-refractivity contribution >= 4 is 22.7 Å². The molecule has 0 unspecified atom stereocenters. The average Bonchev–Trinajstić information content (AvgIpc) is 3.15. The third-order valence-electron chi connectivity index (χ3n) is 10.8. The normalized spacial score (nSPS) is 21.2. The molecule has 2 saturated carbocycles. The molecule has 48 heavy (non-hydrogen) atoms. The van der Waals surface area contributed by atoms with Crippen molar-refractivity contribution in [2.24, 2.45) is 11.8 Å². The van der Waals surface area contributed by atoms with Crippen LogP contribution >= 0.6 is 0 Å². The number of hydrogen-bond donors (Lipinski definition) is 4. The summed E-state index contributed by atoms with van der Waals surface area (Å²) in [4.78, 5) is 4.94. The Morgan fingerprint density at radius 2 is 0.750 bits per heavy atom. The monoisotopic (exact) mass is 648 g/mol. The van der Waals surface area contributed by atoms with Crippen LogP contribution in [-0.4, -0.2) is 58.9 Å². The molecule has 0 radical (unpaired) electrons. The highest BCUT2D eigenvalue weighted by molar-refractivity contribution is 5.78. The van der Waals surface area contributed by atoms with E-state index in [-0.39, 0.29) is 13.2 Å². The average molecular weight is 649 g/mol. The summed E-state index contributed by atoms with van der Waals surface area (Å²) in [5.74, 6) is 0.872. The molecule has 4 aromatic rings. The maximum absolute atomic E-state index is 9.74. The highest BCUT2D eigenvalue weighted by Crippen LogP contribution is 2.39. The molecule has 4 N–H and O–H groups in total. The van der Waals surface area contributed by atoms with E-state index in [9.17, 15) is 20.4 Å². The van der Waals surface area contributed by atoms with Crippen LogP contribution in [0, 0.1) is 11.8 Å². The van der Waals surface area contributed by atoms with Gasteiger partial charge in [0.2, 0.25) is 0 Å². The maximum atomic E-state index is 9.74. The van der Waals surface area contributed by atoms with E-state index >= 15 is 0 Å². The van der Waals surface area contributed by atoms with E-state index in [0.29, 0.717) is 50.0 Å². The minimum Gasteiger partial charge on any atom is -0.396 e. The summed E-state index contributed by atoms with van der Waals surface area (Å²) in [5.41, 5.74) is 9.00. The molecule has 6 rings (SSSR count). The Labute approximate surface area is 286 Å². The van der Waals surface area contributed by atoms with Crippen molar-refractivity contribution in [3.8, 4) is 11.1 Å². The molecular formula is C42H52N2O4. The summed E-state index contributed by atoms with van der Waals surface area (Å²) in [6, 6.07) is 35.6. The van der Waals surface area contributed by atoms with E-state index < -0.39 is 0 Å². The number of nitrogens with zero attached hydrogens (tertiary/aromatic N) is 2. The van der Waals surface area contributed by atoms with E-state index in [1.165, 1.54) is 16.8 Å². The Bertz CT molecular complexity index is 1450. The van der Waals surface area contributed by atoms with Crippen molar-refractivity contribution < 1.29 is 20.4 Å². The third kappa shape index (κ3) is 8.12. The maximum Gasteiger partial charge on any atom is 0.0471 e. The van der Waals surface area contributed by atoms with Crippen molar-refractivity contribution in [2.75, 3.05) is 36.2 Å². The first-order valence-corrected chi connectivity index (χ1v) is 18.0. The second kappa shape index (κ2) is 16.6. The van der Waals surface area contributed by atoms with Gasteiger partial charge in [-0.25, -0.2) is 0 Å². The van der Waals surface area contributed by atoms with E-state index in [1.807, 2.05) is 0 Å². The van der Waals surface area contributed by atoms with Gasteiger partial charge in [0.15, 0.2) is 0 Å². The number of anilines is 4. The summed E-state index contributed by atoms with van der Waals surface area (Å²) in [6.45, 7) is 0.862. The van der Waals surface area contributed by atoms with Gasteiger partial charge in [-0.3, -0.25) is 0 Å². The van der Waals surface area contributed by atoms with Crippen molar-refractivity contribution in [3.05, 3.63) is 108 Å². The molecule has 0 heterocycles. The molecule has 0 bridgehead atoms. The first-order chi connectivity index (χ1) is 23.6. The van der Waals surface area contributed by atoms with E-state index in [2.05, 4.69) is 107 Å². The van der Waals surface area contributed by atoms with Crippen LogP contribution in [0.3, 0.4) is 0 Å². The summed E-state index contributed by atoms with van der Waals surface area (Å²) in [5, 5.41) is 38.3. The first-order valence-electron chi connectivity index (χ1n) is 18.0. The predicted molar refractivity (Wildman–Crippen MR) is 196 cm³/mol. The predicted octanol–water partition coefficient (Wildman–Crippen LogP) is 7.80. The Balaban J connectivity index is 1.24. The van der Waals surface area contributed by atoms with Crippen LogP contribution in [0.1, 0.15) is 62.5 Å². The van der Waals surface area contributed by atoms with Crippen molar-refractivity contribution in [1.29, 1.82) is 0 Å². The third-order valence-corrected chi connectivity index (χ3v) is 10.8. The molecule has 2 fully saturated rings. The zero-order chi connectivity index (χ0) is 33.3. The fraction of sp³-hybridized carbons (Fsp3) is 0.429. The van der Waals surface area contributed by atoms with Crippen molar-refractivity contribution in [1.82, 2.24) is 0 Å². The van der Waals surface area contributed by atoms with Gasteiger partial charge in [-0.2, -0.15) is 0 Å². The van der Waals surface area contributed by atoms with Crippen LogP contribution in [0.25, 0.3) is 11.1 Å². The lowest BCUT2D eigenvalue weighted by Gasteiger charge is -2.45. The van der Waals surface area contributed by atoms with Gasteiger partial charge in [0.1, 0.15) is 0 Å². The fourth-order valence-corrected chi connectivity index (χ4v) is 7.89. The molecule has 0 amide bonds. The quantitative estimate of drug-likeness (QED) is 0.118. The topological polar surface area (TPSA) is 87.4 Å². The second-order valence-corrected chi connectivity index (χ2v) is 13.8. The zero-order valence-corrected chi connectivity index (χ0v) is 28.1. The van der Waals surface area contributed by atoms with Gasteiger partial charge >= 0.3 is 0 Å². The molecule has 4 aromatic carbocycles. The van der Waals surface area contributed by atoms with Crippen LogP contribution in [0.4, 0.5) is 22.7 Å². The summed E-state index contributed by atoms with van der Waals surface area (Å²) in [7, 11) is 0. The fourth-order valence-electron chi connectivity index (χ4n) is 7.89. The van der Waals surface area contributed by atoms with Gasteiger partial charge in [0, 0.05) is 61.3 Å². The lowest BCUT2D eigenvalue weighted by atomic mass is 9.81. The van der Waals surface area contributed by atoms with E-state index in [1.54, 1.807) is 0 Å². The van der Waals surface area contributed by atoms with Crippen LogP contribution in [0.5, 0.6) is 0 Å². The molecule has 0 aromatic heterocycles. The largest absolute Gasteiger partial charge is 0.396 e. The van der Waals surface area contributed by atoms with Gasteiger partial charge in [0.05, 0.1) is 0 Å². The van der Waals surface area contributed by atoms with Crippen LogP contribution in [0.2, 0.25) is 0 Å². The lowest BCUT2D eigenvalue weighted by molar-refractivity contribution is 0.164. The minimum atomic E-state index is 0.132. The molecule has 6 heteroatoms. The highest BCUT2D eigenvalue weighted by Gasteiger charge is 2.33. The molecule has 6 nitrogen and oxygen atoms in total. The Kier molecular flexibility index (Phi) is 11.8. The number of aliphatic hydroxyl groups is 4. The molecule has 254 valence electrons. The van der Waals surface area contributed by atoms with Crippen LogP contribution in [0.15, 0.2) is 97.1 Å². The first kappa shape index (κ1) is 34.2.